The number of rotatable bonds is 12. The summed E-state index contributed by atoms with van der Waals surface area (Å²) in [5, 5.41) is 35.1. The van der Waals surface area contributed by atoms with Crippen LogP contribution >= 0.6 is 7.26 Å². The number of carboxylic acids is 4. The van der Waals surface area contributed by atoms with Gasteiger partial charge in [0.1, 0.15) is 0 Å². The molecule has 0 atom stereocenters. The molecule has 0 radical (unpaired) electrons. The first-order valence-electron chi connectivity index (χ1n) is 6.54. The minimum absolute atomic E-state index is 0.189. The third-order valence-corrected chi connectivity index (χ3v) is 8.72. The molecule has 8 nitrogen and oxygen atoms in total. The maximum atomic E-state index is 10.7. The van der Waals surface area contributed by atoms with Crippen molar-refractivity contribution < 1.29 is 39.6 Å². The van der Waals surface area contributed by atoms with Crippen LogP contribution < -0.4 is 0 Å². The van der Waals surface area contributed by atoms with Gasteiger partial charge in [-0.05, 0) is 0 Å². The van der Waals surface area contributed by atoms with Crippen LogP contribution in [0.2, 0.25) is 0 Å². The van der Waals surface area contributed by atoms with Crippen LogP contribution in [0.4, 0.5) is 0 Å². The van der Waals surface area contributed by atoms with E-state index in [-0.39, 0.29) is 50.3 Å². The van der Waals surface area contributed by atoms with Crippen LogP contribution in [-0.4, -0.2) is 69.0 Å². The fraction of sp³-hybridized carbons (Fsp3) is 0.667. The summed E-state index contributed by atoms with van der Waals surface area (Å²) in [6, 6.07) is 0. The van der Waals surface area contributed by atoms with E-state index in [0.29, 0.717) is 0 Å². The second kappa shape index (κ2) is 9.28. The average Bonchev–Trinajstić information content (AvgIpc) is 2.36. The molecule has 0 heterocycles. The summed E-state index contributed by atoms with van der Waals surface area (Å²) in [5.74, 6) is -4.19. The van der Waals surface area contributed by atoms with Gasteiger partial charge < -0.3 is 0 Å². The van der Waals surface area contributed by atoms with E-state index in [1.54, 1.807) is 0 Å². The van der Waals surface area contributed by atoms with Gasteiger partial charge in [0.05, 0.1) is 0 Å². The van der Waals surface area contributed by atoms with Crippen LogP contribution in [-0.2, 0) is 19.2 Å². The van der Waals surface area contributed by atoms with Gasteiger partial charge in [-0.2, -0.15) is 0 Å². The van der Waals surface area contributed by atoms with Gasteiger partial charge in [0.2, 0.25) is 0 Å². The number of hydrogen-bond acceptors (Lipinski definition) is 4. The zero-order valence-electron chi connectivity index (χ0n) is 11.6. The first-order valence-corrected chi connectivity index (χ1v) is 9.37. The van der Waals surface area contributed by atoms with E-state index >= 15 is 0 Å². The molecule has 0 saturated heterocycles. The Bertz CT molecular complexity index is 329. The maximum absolute atomic E-state index is 10.7. The Hall–Kier alpha value is -1.69. The molecule has 0 bridgehead atoms. The molecule has 0 rings (SSSR count). The Morgan fingerprint density at radius 3 is 0.857 bits per heavy atom. The Balaban J connectivity index is 5.02. The van der Waals surface area contributed by atoms with Gasteiger partial charge in [-0.1, -0.05) is 0 Å². The molecule has 122 valence electrons. The van der Waals surface area contributed by atoms with E-state index in [2.05, 4.69) is 0 Å². The summed E-state index contributed by atoms with van der Waals surface area (Å²) in [6.07, 6.45) is 0.0605. The van der Waals surface area contributed by atoms with Crippen molar-refractivity contribution in [2.24, 2.45) is 0 Å². The van der Waals surface area contributed by atoms with Crippen molar-refractivity contribution in [2.45, 2.75) is 25.7 Å². The molecule has 0 aromatic carbocycles. The van der Waals surface area contributed by atoms with E-state index < -0.39 is 31.1 Å². The Morgan fingerprint density at radius 2 is 0.714 bits per heavy atom. The third kappa shape index (κ3) is 9.79. The number of hydrogen-bond donors (Lipinski definition) is 4. The Morgan fingerprint density at radius 1 is 0.524 bits per heavy atom. The van der Waals surface area contributed by atoms with Gasteiger partial charge >= 0.3 is 121 Å². The molecule has 0 aromatic rings. The summed E-state index contributed by atoms with van der Waals surface area (Å²) >= 11 is 0. The second-order valence-electron chi connectivity index (χ2n) is 5.07. The molecular formula is C12H21O8P. The van der Waals surface area contributed by atoms with Gasteiger partial charge in [-0.3, -0.25) is 0 Å². The van der Waals surface area contributed by atoms with Crippen LogP contribution in [0.1, 0.15) is 25.7 Å². The predicted molar refractivity (Wildman–Crippen MR) is 76.8 cm³/mol. The molecule has 0 saturated carbocycles. The fourth-order valence-electron chi connectivity index (χ4n) is 2.24. The monoisotopic (exact) mass is 324 g/mol. The van der Waals surface area contributed by atoms with E-state index in [4.69, 9.17) is 20.4 Å². The topological polar surface area (TPSA) is 149 Å². The summed E-state index contributed by atoms with van der Waals surface area (Å²) < 4.78 is 0. The van der Waals surface area contributed by atoms with Crippen molar-refractivity contribution in [2.75, 3.05) is 24.6 Å². The molecule has 0 aliphatic carbocycles. The molecule has 0 aromatic heterocycles. The Labute approximate surface area is 122 Å². The number of carbonyl (C=O) groups is 4. The SMILES string of the molecule is O=C(O)CC[PH](CCC(=O)O)(CCC(=O)O)CCC(=O)O. The molecular weight excluding hydrogens is 303 g/mol. The van der Waals surface area contributed by atoms with Crippen LogP contribution in [0.3, 0.4) is 0 Å². The second-order valence-corrected chi connectivity index (χ2v) is 10.1. The Kier molecular flexibility index (Phi) is 8.54. The van der Waals surface area contributed by atoms with Gasteiger partial charge in [0.25, 0.3) is 0 Å². The first-order chi connectivity index (χ1) is 9.67. The van der Waals surface area contributed by atoms with Gasteiger partial charge in [0, 0.05) is 0 Å². The molecule has 4 N–H and O–H groups in total. The average molecular weight is 324 g/mol. The quantitative estimate of drug-likeness (QED) is 0.382. The zero-order valence-corrected chi connectivity index (χ0v) is 12.6. The minimum atomic E-state index is -2.57. The molecule has 0 amide bonds. The van der Waals surface area contributed by atoms with Crippen molar-refractivity contribution in [3.8, 4) is 0 Å². The van der Waals surface area contributed by atoms with E-state index in [1.807, 2.05) is 0 Å². The molecule has 0 spiro atoms. The zero-order chi connectivity index (χ0) is 16.5. The normalized spacial score (nSPS) is 11.8. The fourth-order valence-corrected chi connectivity index (χ4v) is 6.72. The van der Waals surface area contributed by atoms with Crippen LogP contribution in [0.15, 0.2) is 0 Å². The van der Waals surface area contributed by atoms with Crippen molar-refractivity contribution >= 4 is 31.1 Å². The molecule has 21 heavy (non-hydrogen) atoms. The van der Waals surface area contributed by atoms with E-state index in [9.17, 15) is 19.2 Å². The van der Waals surface area contributed by atoms with Crippen molar-refractivity contribution in [3.63, 3.8) is 0 Å². The molecule has 0 aliphatic heterocycles. The van der Waals surface area contributed by atoms with Gasteiger partial charge in [-0.25, -0.2) is 0 Å². The summed E-state index contributed by atoms with van der Waals surface area (Å²) in [5.41, 5.74) is 0. The predicted octanol–water partition coefficient (Wildman–Crippen LogP) is 0.635. The summed E-state index contributed by atoms with van der Waals surface area (Å²) in [7, 11) is -2.57. The number of aliphatic carboxylic acids is 4. The van der Waals surface area contributed by atoms with E-state index in [0.717, 1.165) is 0 Å². The molecule has 0 fully saturated rings. The number of carboxylic acid groups (broad SMARTS) is 4. The molecule has 9 heteroatoms. The van der Waals surface area contributed by atoms with Gasteiger partial charge in [0.15, 0.2) is 0 Å². The van der Waals surface area contributed by atoms with Crippen molar-refractivity contribution in [3.05, 3.63) is 0 Å². The third-order valence-electron chi connectivity index (χ3n) is 3.48. The van der Waals surface area contributed by atoms with Crippen molar-refractivity contribution in [1.29, 1.82) is 0 Å². The summed E-state index contributed by atoms with van der Waals surface area (Å²) in [4.78, 5) is 42.9. The standard InChI is InChI=1S/C12H21O8P/c13-9(14)1-5-21(6-2-10(15)16,7-3-11(17)18)8-4-12(19)20/h21H,1-8H2,(H,13,14)(H,15,16)(H,17,18)(H,19,20). The van der Waals surface area contributed by atoms with Crippen molar-refractivity contribution in [1.82, 2.24) is 0 Å². The first kappa shape index (κ1) is 19.3. The van der Waals surface area contributed by atoms with E-state index in [1.165, 1.54) is 0 Å². The molecule has 0 unspecified atom stereocenters. The van der Waals surface area contributed by atoms with Crippen LogP contribution in [0.5, 0.6) is 0 Å². The van der Waals surface area contributed by atoms with Gasteiger partial charge in [-0.15, -0.1) is 0 Å². The molecule has 0 aliphatic rings. The van der Waals surface area contributed by atoms with Crippen LogP contribution in [0.25, 0.3) is 0 Å². The summed E-state index contributed by atoms with van der Waals surface area (Å²) in [6.45, 7) is 0. The van der Waals surface area contributed by atoms with Crippen LogP contribution in [0, 0.1) is 0 Å².